The minimum Gasteiger partial charge on any atom is -0.370 e. The van der Waals surface area contributed by atoms with Crippen LogP contribution >= 0.6 is 0 Å². The van der Waals surface area contributed by atoms with Gasteiger partial charge in [0.25, 0.3) is 0 Å². The third-order valence-corrected chi connectivity index (χ3v) is 2.37. The molecule has 1 fully saturated rings. The summed E-state index contributed by atoms with van der Waals surface area (Å²) in [6.45, 7) is 6.08. The molecule has 0 radical (unpaired) electrons. The smallest absolute Gasteiger partial charge is 0.188 e. The quantitative estimate of drug-likeness (QED) is 0.474. The van der Waals surface area contributed by atoms with Crippen molar-refractivity contribution in [2.45, 2.75) is 13.3 Å². The van der Waals surface area contributed by atoms with Gasteiger partial charge < -0.3 is 16.0 Å². The van der Waals surface area contributed by atoms with Gasteiger partial charge in [-0.25, -0.2) is 0 Å². The molecule has 0 saturated carbocycles. The molecule has 4 heteroatoms. The zero-order valence-electron chi connectivity index (χ0n) is 8.58. The van der Waals surface area contributed by atoms with E-state index >= 15 is 0 Å². The van der Waals surface area contributed by atoms with Crippen LogP contribution in [0.5, 0.6) is 0 Å². The molecule has 1 saturated heterocycles. The van der Waals surface area contributed by atoms with Crippen LogP contribution in [-0.4, -0.2) is 44.1 Å². The molecular weight excluding hydrogens is 164 g/mol. The van der Waals surface area contributed by atoms with Gasteiger partial charge in [0, 0.05) is 19.6 Å². The van der Waals surface area contributed by atoms with Gasteiger partial charge in [-0.2, -0.15) is 0 Å². The Balaban J connectivity index is 2.21. The summed E-state index contributed by atoms with van der Waals surface area (Å²) < 4.78 is 0. The number of guanidine groups is 1. The average molecular weight is 184 g/mol. The number of nitrogens with two attached hydrogens (primary N) is 1. The second-order valence-electron chi connectivity index (χ2n) is 3.67. The molecule has 0 aliphatic carbocycles. The molecule has 0 aromatic heterocycles. The Labute approximate surface area is 80.2 Å². The van der Waals surface area contributed by atoms with E-state index in [9.17, 15) is 0 Å². The molecule has 1 aliphatic rings. The summed E-state index contributed by atoms with van der Waals surface area (Å²) in [5, 5.41) is 2.99. The van der Waals surface area contributed by atoms with E-state index in [0.29, 0.717) is 11.9 Å². The fourth-order valence-corrected chi connectivity index (χ4v) is 1.64. The highest BCUT2D eigenvalue weighted by molar-refractivity contribution is 5.77. The molecule has 0 bridgehead atoms. The predicted octanol–water partition coefficient (Wildman–Crippen LogP) is -0.138. The molecule has 0 amide bonds. The Morgan fingerprint density at radius 3 is 3.00 bits per heavy atom. The number of nitrogens with one attached hydrogen (secondary N) is 1. The van der Waals surface area contributed by atoms with E-state index in [1.807, 2.05) is 6.92 Å². The van der Waals surface area contributed by atoms with E-state index < -0.39 is 0 Å². The van der Waals surface area contributed by atoms with E-state index in [1.54, 1.807) is 0 Å². The molecule has 1 aliphatic heterocycles. The van der Waals surface area contributed by atoms with E-state index in [-0.39, 0.29) is 0 Å². The fourth-order valence-electron chi connectivity index (χ4n) is 1.64. The Hall–Kier alpha value is -0.770. The minimum absolute atomic E-state index is 0.581. The summed E-state index contributed by atoms with van der Waals surface area (Å²) in [4.78, 5) is 6.62. The summed E-state index contributed by atoms with van der Waals surface area (Å²) >= 11 is 0. The molecule has 76 valence electrons. The zero-order chi connectivity index (χ0) is 9.68. The van der Waals surface area contributed by atoms with Crippen LogP contribution in [0, 0.1) is 5.92 Å². The Morgan fingerprint density at radius 1 is 1.69 bits per heavy atom. The lowest BCUT2D eigenvalue weighted by molar-refractivity contribution is 0.397. The van der Waals surface area contributed by atoms with Crippen molar-refractivity contribution >= 4 is 5.96 Å². The van der Waals surface area contributed by atoms with Crippen molar-refractivity contribution in [1.29, 1.82) is 0 Å². The summed E-state index contributed by atoms with van der Waals surface area (Å²) in [6, 6.07) is 0. The van der Waals surface area contributed by atoms with Gasteiger partial charge in [-0.15, -0.1) is 0 Å². The third-order valence-electron chi connectivity index (χ3n) is 2.37. The maximum atomic E-state index is 5.62. The van der Waals surface area contributed by atoms with Crippen molar-refractivity contribution in [2.24, 2.45) is 16.6 Å². The van der Waals surface area contributed by atoms with Crippen LogP contribution in [0.3, 0.4) is 0 Å². The van der Waals surface area contributed by atoms with Crippen LogP contribution in [0.1, 0.15) is 13.3 Å². The summed E-state index contributed by atoms with van der Waals surface area (Å²) in [5.41, 5.74) is 5.62. The SMILES string of the molecule is CCNC(N)=NCC1CCN(C)C1. The minimum atomic E-state index is 0.581. The number of likely N-dealkylation sites (tertiary alicyclic amines) is 1. The van der Waals surface area contributed by atoms with E-state index in [1.165, 1.54) is 13.0 Å². The summed E-state index contributed by atoms with van der Waals surface area (Å²) in [6.07, 6.45) is 1.25. The normalized spacial score (nSPS) is 25.1. The van der Waals surface area contributed by atoms with Gasteiger partial charge in [0.05, 0.1) is 0 Å². The monoisotopic (exact) mass is 184 g/mol. The number of nitrogens with zero attached hydrogens (tertiary/aromatic N) is 2. The van der Waals surface area contributed by atoms with E-state index in [4.69, 9.17) is 5.73 Å². The average Bonchev–Trinajstić information content (AvgIpc) is 2.49. The standard InChI is InChI=1S/C9H20N4/c1-3-11-9(10)12-6-8-4-5-13(2)7-8/h8H,3-7H2,1-2H3,(H3,10,11,12). The lowest BCUT2D eigenvalue weighted by Crippen LogP contribution is -2.32. The van der Waals surface area contributed by atoms with Crippen LogP contribution < -0.4 is 11.1 Å². The molecular formula is C9H20N4. The van der Waals surface area contributed by atoms with Crippen LogP contribution in [-0.2, 0) is 0 Å². The molecule has 1 heterocycles. The predicted molar refractivity (Wildman–Crippen MR) is 55.8 cm³/mol. The maximum Gasteiger partial charge on any atom is 0.188 e. The van der Waals surface area contributed by atoms with E-state index in [2.05, 4.69) is 22.3 Å². The molecule has 0 aromatic rings. The Kier molecular flexibility index (Phi) is 4.02. The lowest BCUT2D eigenvalue weighted by Gasteiger charge is -2.08. The largest absolute Gasteiger partial charge is 0.370 e. The molecule has 1 unspecified atom stereocenters. The molecule has 4 nitrogen and oxygen atoms in total. The first-order chi connectivity index (χ1) is 6.22. The first-order valence-corrected chi connectivity index (χ1v) is 4.94. The molecule has 3 N–H and O–H groups in total. The highest BCUT2D eigenvalue weighted by Gasteiger charge is 2.18. The second-order valence-corrected chi connectivity index (χ2v) is 3.67. The number of hydrogen-bond donors (Lipinski definition) is 2. The van der Waals surface area contributed by atoms with Crippen LogP contribution in [0.25, 0.3) is 0 Å². The fraction of sp³-hybridized carbons (Fsp3) is 0.889. The van der Waals surface area contributed by atoms with Gasteiger partial charge in [0.1, 0.15) is 0 Å². The van der Waals surface area contributed by atoms with Crippen molar-refractivity contribution < 1.29 is 0 Å². The van der Waals surface area contributed by atoms with Gasteiger partial charge in [-0.3, -0.25) is 4.99 Å². The van der Waals surface area contributed by atoms with Crippen LogP contribution in [0.15, 0.2) is 4.99 Å². The second kappa shape index (κ2) is 5.07. The molecule has 1 atom stereocenters. The van der Waals surface area contributed by atoms with Crippen molar-refractivity contribution in [1.82, 2.24) is 10.2 Å². The summed E-state index contributed by atoms with van der Waals surface area (Å²) in [7, 11) is 2.15. The summed E-state index contributed by atoms with van der Waals surface area (Å²) in [5.74, 6) is 1.28. The van der Waals surface area contributed by atoms with E-state index in [0.717, 1.165) is 19.6 Å². The lowest BCUT2D eigenvalue weighted by atomic mass is 10.1. The topological polar surface area (TPSA) is 53.6 Å². The molecule has 13 heavy (non-hydrogen) atoms. The number of rotatable bonds is 3. The van der Waals surface area contributed by atoms with Crippen molar-refractivity contribution in [3.8, 4) is 0 Å². The van der Waals surface area contributed by atoms with Gasteiger partial charge in [-0.1, -0.05) is 0 Å². The van der Waals surface area contributed by atoms with Gasteiger partial charge in [-0.05, 0) is 32.9 Å². The van der Waals surface area contributed by atoms with Gasteiger partial charge in [0.2, 0.25) is 0 Å². The van der Waals surface area contributed by atoms with Crippen molar-refractivity contribution in [2.75, 3.05) is 33.2 Å². The third kappa shape index (κ3) is 3.63. The first kappa shape index (κ1) is 10.3. The molecule has 0 aromatic carbocycles. The molecule has 1 rings (SSSR count). The van der Waals surface area contributed by atoms with Crippen molar-refractivity contribution in [3.63, 3.8) is 0 Å². The highest BCUT2D eigenvalue weighted by Crippen LogP contribution is 2.13. The van der Waals surface area contributed by atoms with Gasteiger partial charge in [0.15, 0.2) is 5.96 Å². The van der Waals surface area contributed by atoms with Crippen molar-refractivity contribution in [3.05, 3.63) is 0 Å². The number of aliphatic imine (C=N–C) groups is 1. The number of hydrogen-bond acceptors (Lipinski definition) is 2. The maximum absolute atomic E-state index is 5.62. The van der Waals surface area contributed by atoms with Crippen LogP contribution in [0.2, 0.25) is 0 Å². The molecule has 0 spiro atoms. The first-order valence-electron chi connectivity index (χ1n) is 4.94. The zero-order valence-corrected chi connectivity index (χ0v) is 8.58. The highest BCUT2D eigenvalue weighted by atomic mass is 15.1. The van der Waals surface area contributed by atoms with Crippen LogP contribution in [0.4, 0.5) is 0 Å². The Morgan fingerprint density at radius 2 is 2.46 bits per heavy atom. The Bertz CT molecular complexity index is 178. The van der Waals surface area contributed by atoms with Gasteiger partial charge >= 0.3 is 0 Å².